The van der Waals surface area contributed by atoms with Crippen molar-refractivity contribution in [2.24, 2.45) is 0 Å². The Balaban J connectivity index is 3.48. The minimum atomic E-state index is -0.935. The molecule has 3 N–H and O–H groups in total. The van der Waals surface area contributed by atoms with Gasteiger partial charge in [-0.1, -0.05) is 0 Å². The zero-order chi connectivity index (χ0) is 13.1. The van der Waals surface area contributed by atoms with Crippen LogP contribution >= 0.6 is 0 Å². The van der Waals surface area contributed by atoms with Crippen molar-refractivity contribution in [1.82, 2.24) is 10.6 Å². The second-order valence-corrected chi connectivity index (χ2v) is 3.37. The number of carbonyl (C=O) groups excluding carboxylic acids is 2. The van der Waals surface area contributed by atoms with Gasteiger partial charge in [0.2, 0.25) is 11.8 Å². The minimum Gasteiger partial charge on any atom is -0.481 e. The number of hydrogen-bond acceptors (Lipinski definition) is 4. The van der Waals surface area contributed by atoms with Crippen molar-refractivity contribution < 1.29 is 24.2 Å². The summed E-state index contributed by atoms with van der Waals surface area (Å²) >= 11 is 0. The van der Waals surface area contributed by atoms with E-state index in [1.807, 2.05) is 0 Å². The molecule has 0 heterocycles. The number of aliphatic carboxylic acids is 1. The fourth-order valence-corrected chi connectivity index (χ4v) is 1.02. The molecule has 0 radical (unpaired) electrons. The van der Waals surface area contributed by atoms with Gasteiger partial charge in [0.05, 0.1) is 13.2 Å². The lowest BCUT2D eigenvalue weighted by Crippen LogP contribution is -2.38. The summed E-state index contributed by atoms with van der Waals surface area (Å²) in [6.45, 7) is 0.706. The van der Waals surface area contributed by atoms with Gasteiger partial charge in [0.25, 0.3) is 0 Å². The molecule has 7 nitrogen and oxygen atoms in total. The molecule has 0 spiro atoms. The number of carboxylic acids is 1. The zero-order valence-electron chi connectivity index (χ0n) is 9.82. The number of methoxy groups -OCH3 is 1. The van der Waals surface area contributed by atoms with E-state index in [0.29, 0.717) is 13.2 Å². The van der Waals surface area contributed by atoms with Crippen molar-refractivity contribution in [2.45, 2.75) is 19.3 Å². The highest BCUT2D eigenvalue weighted by Crippen LogP contribution is 1.94. The Bertz CT molecular complexity index is 267. The summed E-state index contributed by atoms with van der Waals surface area (Å²) in [6, 6.07) is 0. The van der Waals surface area contributed by atoms with Gasteiger partial charge in [-0.3, -0.25) is 14.4 Å². The maximum atomic E-state index is 11.2. The second kappa shape index (κ2) is 9.59. The molecule has 0 unspecified atom stereocenters. The molecule has 0 aliphatic rings. The molecule has 7 heteroatoms. The Hall–Kier alpha value is -1.63. The Morgan fingerprint density at radius 3 is 2.41 bits per heavy atom. The van der Waals surface area contributed by atoms with E-state index in [0.717, 1.165) is 0 Å². The fourth-order valence-electron chi connectivity index (χ4n) is 1.02. The predicted molar refractivity (Wildman–Crippen MR) is 59.4 cm³/mol. The highest BCUT2D eigenvalue weighted by atomic mass is 16.5. The molecular formula is C10H18N2O5. The van der Waals surface area contributed by atoms with E-state index >= 15 is 0 Å². The molecule has 0 atom stereocenters. The van der Waals surface area contributed by atoms with Gasteiger partial charge in [0, 0.05) is 26.5 Å². The van der Waals surface area contributed by atoms with E-state index < -0.39 is 5.97 Å². The molecule has 17 heavy (non-hydrogen) atoms. The van der Waals surface area contributed by atoms with Crippen LogP contribution in [0.15, 0.2) is 0 Å². The number of amides is 2. The normalized spacial score (nSPS) is 9.71. The second-order valence-electron chi connectivity index (χ2n) is 3.37. The van der Waals surface area contributed by atoms with Gasteiger partial charge in [-0.2, -0.15) is 0 Å². The van der Waals surface area contributed by atoms with Crippen LogP contribution in [0.4, 0.5) is 0 Å². The van der Waals surface area contributed by atoms with Crippen LogP contribution in [0.2, 0.25) is 0 Å². The van der Waals surface area contributed by atoms with E-state index in [1.165, 1.54) is 7.11 Å². The molecule has 0 aromatic heterocycles. The number of rotatable bonds is 9. The summed E-state index contributed by atoms with van der Waals surface area (Å²) in [5.74, 6) is -1.56. The van der Waals surface area contributed by atoms with Crippen molar-refractivity contribution in [3.63, 3.8) is 0 Å². The summed E-state index contributed by atoms with van der Waals surface area (Å²) in [4.78, 5) is 32.5. The smallest absolute Gasteiger partial charge is 0.303 e. The van der Waals surface area contributed by atoms with Gasteiger partial charge in [-0.05, 0) is 6.42 Å². The van der Waals surface area contributed by atoms with Crippen molar-refractivity contribution >= 4 is 17.8 Å². The van der Waals surface area contributed by atoms with Crippen molar-refractivity contribution in [2.75, 3.05) is 26.8 Å². The highest BCUT2D eigenvalue weighted by molar-refractivity contribution is 5.84. The summed E-state index contributed by atoms with van der Waals surface area (Å²) in [6.07, 6.45) is 0.331. The lowest BCUT2D eigenvalue weighted by atomic mass is 10.2. The third-order valence-corrected chi connectivity index (χ3v) is 1.87. The van der Waals surface area contributed by atoms with Gasteiger partial charge < -0.3 is 20.5 Å². The monoisotopic (exact) mass is 246 g/mol. The van der Waals surface area contributed by atoms with E-state index in [4.69, 9.17) is 9.84 Å². The molecule has 0 bridgehead atoms. The van der Waals surface area contributed by atoms with Gasteiger partial charge >= 0.3 is 5.97 Å². The van der Waals surface area contributed by atoms with Crippen LogP contribution in [-0.4, -0.2) is 49.7 Å². The first-order valence-electron chi connectivity index (χ1n) is 5.30. The fraction of sp³-hybridized carbons (Fsp3) is 0.700. The molecule has 0 rings (SSSR count). The first kappa shape index (κ1) is 15.4. The summed E-state index contributed by atoms with van der Waals surface area (Å²) in [7, 11) is 1.52. The van der Waals surface area contributed by atoms with E-state index in [9.17, 15) is 14.4 Å². The lowest BCUT2D eigenvalue weighted by molar-refractivity contribution is -0.137. The molecule has 0 saturated carbocycles. The third kappa shape index (κ3) is 10.6. The molecule has 98 valence electrons. The van der Waals surface area contributed by atoms with E-state index in [2.05, 4.69) is 10.6 Å². The molecule has 0 aromatic rings. The largest absolute Gasteiger partial charge is 0.481 e. The topological polar surface area (TPSA) is 105 Å². The third-order valence-electron chi connectivity index (χ3n) is 1.87. The van der Waals surface area contributed by atoms with Crippen LogP contribution < -0.4 is 10.6 Å². The number of nitrogens with one attached hydrogen (secondary N) is 2. The molecular weight excluding hydrogens is 228 g/mol. The van der Waals surface area contributed by atoms with Crippen LogP contribution in [0.5, 0.6) is 0 Å². The average Bonchev–Trinajstić information content (AvgIpc) is 2.26. The van der Waals surface area contributed by atoms with Crippen LogP contribution in [-0.2, 0) is 19.1 Å². The quantitative estimate of drug-likeness (QED) is 0.458. The number of carbonyl (C=O) groups is 3. The minimum absolute atomic E-state index is 0.0482. The predicted octanol–water partition coefficient (Wildman–Crippen LogP) is -0.880. The first-order valence-corrected chi connectivity index (χ1v) is 5.30. The van der Waals surface area contributed by atoms with E-state index in [-0.39, 0.29) is 37.6 Å². The molecule has 0 aromatic carbocycles. The number of hydrogen-bond donors (Lipinski definition) is 3. The highest BCUT2D eigenvalue weighted by Gasteiger charge is 2.06. The molecule has 0 saturated heterocycles. The Morgan fingerprint density at radius 1 is 1.12 bits per heavy atom. The summed E-state index contributed by atoms with van der Waals surface area (Å²) < 4.78 is 4.74. The average molecular weight is 246 g/mol. The Labute approximate surface area is 99.5 Å². The molecule has 0 fully saturated rings. The molecule has 2 amide bonds. The summed E-state index contributed by atoms with van der Waals surface area (Å²) in [5.41, 5.74) is 0. The SMILES string of the molecule is COCCNC(=O)CNC(=O)CCCC(=O)O. The molecule has 0 aliphatic carbocycles. The van der Waals surface area contributed by atoms with Crippen molar-refractivity contribution in [3.05, 3.63) is 0 Å². The Kier molecular flexibility index (Phi) is 8.67. The first-order chi connectivity index (χ1) is 8.06. The molecule has 0 aliphatic heterocycles. The Morgan fingerprint density at radius 2 is 1.82 bits per heavy atom. The number of ether oxygens (including phenoxy) is 1. The van der Waals surface area contributed by atoms with Crippen LogP contribution in [0.25, 0.3) is 0 Å². The van der Waals surface area contributed by atoms with Gasteiger partial charge in [-0.15, -0.1) is 0 Å². The van der Waals surface area contributed by atoms with Crippen molar-refractivity contribution in [1.29, 1.82) is 0 Å². The zero-order valence-corrected chi connectivity index (χ0v) is 9.82. The van der Waals surface area contributed by atoms with Crippen LogP contribution in [0.3, 0.4) is 0 Å². The standard InChI is InChI=1S/C10H18N2O5/c1-17-6-5-11-9(14)7-12-8(13)3-2-4-10(15)16/h2-7H2,1H3,(H,11,14)(H,12,13)(H,15,16). The maximum Gasteiger partial charge on any atom is 0.303 e. The van der Waals surface area contributed by atoms with E-state index in [1.54, 1.807) is 0 Å². The van der Waals surface area contributed by atoms with Crippen LogP contribution in [0.1, 0.15) is 19.3 Å². The van der Waals surface area contributed by atoms with Gasteiger partial charge in [0.1, 0.15) is 0 Å². The summed E-state index contributed by atoms with van der Waals surface area (Å²) in [5, 5.41) is 13.3. The van der Waals surface area contributed by atoms with Crippen LogP contribution in [0, 0.1) is 0 Å². The lowest BCUT2D eigenvalue weighted by Gasteiger charge is -2.06. The maximum absolute atomic E-state index is 11.2. The van der Waals surface area contributed by atoms with Crippen molar-refractivity contribution in [3.8, 4) is 0 Å². The van der Waals surface area contributed by atoms with Gasteiger partial charge in [0.15, 0.2) is 0 Å². The number of carboxylic acid groups (broad SMARTS) is 1. The van der Waals surface area contributed by atoms with Gasteiger partial charge in [-0.25, -0.2) is 0 Å².